The number of aromatic amines is 1. The van der Waals surface area contributed by atoms with E-state index < -0.39 is 11.9 Å². The molecule has 0 radical (unpaired) electrons. The lowest BCUT2D eigenvalue weighted by molar-refractivity contribution is 0.0498. The summed E-state index contributed by atoms with van der Waals surface area (Å²) in [4.78, 5) is 25.5. The van der Waals surface area contributed by atoms with Gasteiger partial charge in [-0.3, -0.25) is 0 Å². The van der Waals surface area contributed by atoms with E-state index in [4.69, 9.17) is 4.74 Å². The first-order valence-corrected chi connectivity index (χ1v) is 4.55. The fourth-order valence-corrected chi connectivity index (χ4v) is 1.25. The van der Waals surface area contributed by atoms with Gasteiger partial charge >= 0.3 is 11.9 Å². The van der Waals surface area contributed by atoms with Crippen molar-refractivity contribution in [2.45, 2.75) is 13.8 Å². The van der Waals surface area contributed by atoms with E-state index in [0.717, 1.165) is 0 Å². The lowest BCUT2D eigenvalue weighted by Crippen LogP contribution is -2.12. The lowest BCUT2D eigenvalue weighted by atomic mass is 10.1. The molecule has 1 rings (SSSR count). The normalized spacial score (nSPS) is 9.80. The molecule has 1 heterocycles. The third kappa shape index (κ3) is 2.18. The topological polar surface area (TPSA) is 68.4 Å². The van der Waals surface area contributed by atoms with Crippen LogP contribution in [0.2, 0.25) is 0 Å². The summed E-state index contributed by atoms with van der Waals surface area (Å²) in [5, 5.41) is 0. The van der Waals surface area contributed by atoms with Crippen molar-refractivity contribution in [2.24, 2.45) is 0 Å². The summed E-state index contributed by atoms with van der Waals surface area (Å²) in [6.07, 6.45) is 1.57. The number of aryl methyl sites for hydroxylation is 1. The summed E-state index contributed by atoms with van der Waals surface area (Å²) in [7, 11) is 1.27. The zero-order chi connectivity index (χ0) is 11.4. The number of esters is 2. The second kappa shape index (κ2) is 4.63. The number of nitrogens with one attached hydrogen (secondary N) is 1. The van der Waals surface area contributed by atoms with Gasteiger partial charge in [0.1, 0.15) is 5.69 Å². The van der Waals surface area contributed by atoms with Crippen molar-refractivity contribution in [1.82, 2.24) is 4.98 Å². The molecule has 5 nitrogen and oxygen atoms in total. The van der Waals surface area contributed by atoms with Crippen molar-refractivity contribution in [2.75, 3.05) is 13.7 Å². The highest BCUT2D eigenvalue weighted by molar-refractivity contribution is 6.03. The highest BCUT2D eigenvalue weighted by Crippen LogP contribution is 2.15. The van der Waals surface area contributed by atoms with Crippen LogP contribution < -0.4 is 0 Å². The number of hydrogen-bond acceptors (Lipinski definition) is 4. The molecule has 15 heavy (non-hydrogen) atoms. The van der Waals surface area contributed by atoms with Crippen LogP contribution in [0.5, 0.6) is 0 Å². The quantitative estimate of drug-likeness (QED) is 0.765. The first-order valence-electron chi connectivity index (χ1n) is 4.55. The minimum Gasteiger partial charge on any atom is -0.465 e. The fraction of sp³-hybridized carbons (Fsp3) is 0.400. The number of ether oxygens (including phenoxy) is 2. The summed E-state index contributed by atoms with van der Waals surface area (Å²) in [6.45, 7) is 3.68. The average molecular weight is 211 g/mol. The smallest absolute Gasteiger partial charge is 0.355 e. The van der Waals surface area contributed by atoms with E-state index in [2.05, 4.69) is 9.72 Å². The van der Waals surface area contributed by atoms with Crippen LogP contribution in [-0.4, -0.2) is 30.6 Å². The SMILES string of the molecule is CCOC(=O)c1[nH]cc(C)c1C(=O)OC. The highest BCUT2D eigenvalue weighted by Gasteiger charge is 2.22. The van der Waals surface area contributed by atoms with Crippen LogP contribution in [-0.2, 0) is 9.47 Å². The standard InChI is InChI=1S/C10H13NO4/c1-4-15-10(13)8-7(9(12)14-3)6(2)5-11-8/h5,11H,4H2,1-3H3. The van der Waals surface area contributed by atoms with Crippen LogP contribution in [0, 0.1) is 6.92 Å². The lowest BCUT2D eigenvalue weighted by Gasteiger charge is -2.03. The van der Waals surface area contributed by atoms with Crippen LogP contribution in [0.25, 0.3) is 0 Å². The van der Waals surface area contributed by atoms with Gasteiger partial charge in [0.2, 0.25) is 0 Å². The van der Waals surface area contributed by atoms with Gasteiger partial charge in [0.05, 0.1) is 19.3 Å². The van der Waals surface area contributed by atoms with Gasteiger partial charge in [0, 0.05) is 6.20 Å². The molecule has 0 saturated carbocycles. The summed E-state index contributed by atoms with van der Waals surface area (Å²) in [5.74, 6) is -1.09. The molecule has 1 aromatic heterocycles. The predicted octanol–water partition coefficient (Wildman–Crippen LogP) is 1.29. The Kier molecular flexibility index (Phi) is 3.49. The Morgan fingerprint density at radius 3 is 2.60 bits per heavy atom. The van der Waals surface area contributed by atoms with E-state index >= 15 is 0 Å². The first kappa shape index (κ1) is 11.3. The second-order valence-corrected chi connectivity index (χ2v) is 2.93. The molecule has 5 heteroatoms. The second-order valence-electron chi connectivity index (χ2n) is 2.93. The molecule has 1 aromatic rings. The van der Waals surface area contributed by atoms with E-state index in [-0.39, 0.29) is 17.9 Å². The van der Waals surface area contributed by atoms with E-state index in [1.165, 1.54) is 7.11 Å². The minimum absolute atomic E-state index is 0.140. The van der Waals surface area contributed by atoms with Gasteiger partial charge in [-0.05, 0) is 19.4 Å². The number of methoxy groups -OCH3 is 1. The highest BCUT2D eigenvalue weighted by atomic mass is 16.5. The van der Waals surface area contributed by atoms with Gasteiger partial charge in [-0.25, -0.2) is 9.59 Å². The van der Waals surface area contributed by atoms with Crippen LogP contribution >= 0.6 is 0 Å². The number of H-pyrrole nitrogens is 1. The molecule has 0 spiro atoms. The Bertz CT molecular complexity index is 381. The van der Waals surface area contributed by atoms with Gasteiger partial charge < -0.3 is 14.5 Å². The Morgan fingerprint density at radius 2 is 2.07 bits per heavy atom. The van der Waals surface area contributed by atoms with E-state index in [1.54, 1.807) is 20.0 Å². The first-order chi connectivity index (χ1) is 7.11. The number of rotatable bonds is 3. The Labute approximate surface area is 87.4 Å². The van der Waals surface area contributed by atoms with Gasteiger partial charge in [0.15, 0.2) is 0 Å². The Hall–Kier alpha value is -1.78. The van der Waals surface area contributed by atoms with Gasteiger partial charge in [-0.1, -0.05) is 0 Å². The molecule has 0 atom stereocenters. The molecule has 0 saturated heterocycles. The largest absolute Gasteiger partial charge is 0.465 e. The van der Waals surface area contributed by atoms with Crippen LogP contribution in [0.3, 0.4) is 0 Å². The fourth-order valence-electron chi connectivity index (χ4n) is 1.25. The Morgan fingerprint density at radius 1 is 1.40 bits per heavy atom. The monoisotopic (exact) mass is 211 g/mol. The summed E-state index contributed by atoms with van der Waals surface area (Å²) < 4.78 is 9.38. The molecule has 0 amide bonds. The molecule has 0 aliphatic carbocycles. The maximum absolute atomic E-state index is 11.4. The summed E-state index contributed by atoms with van der Waals surface area (Å²) >= 11 is 0. The van der Waals surface area contributed by atoms with Gasteiger partial charge in [0.25, 0.3) is 0 Å². The van der Waals surface area contributed by atoms with Crippen LogP contribution in [0.4, 0.5) is 0 Å². The van der Waals surface area contributed by atoms with Crippen molar-refractivity contribution in [3.8, 4) is 0 Å². The molecule has 82 valence electrons. The molecule has 0 bridgehead atoms. The zero-order valence-electron chi connectivity index (χ0n) is 8.92. The van der Waals surface area contributed by atoms with E-state index in [0.29, 0.717) is 5.56 Å². The molecule has 0 aliphatic heterocycles. The molecule has 0 aromatic carbocycles. The van der Waals surface area contributed by atoms with E-state index in [9.17, 15) is 9.59 Å². The van der Waals surface area contributed by atoms with Crippen molar-refractivity contribution in [3.63, 3.8) is 0 Å². The van der Waals surface area contributed by atoms with E-state index in [1.807, 2.05) is 0 Å². The van der Waals surface area contributed by atoms with Crippen LogP contribution in [0.1, 0.15) is 33.3 Å². The van der Waals surface area contributed by atoms with Gasteiger partial charge in [-0.2, -0.15) is 0 Å². The van der Waals surface area contributed by atoms with Crippen molar-refractivity contribution >= 4 is 11.9 Å². The Balaban J connectivity index is 3.08. The number of carbonyl (C=O) groups is 2. The third-order valence-corrected chi connectivity index (χ3v) is 1.95. The van der Waals surface area contributed by atoms with Gasteiger partial charge in [-0.15, -0.1) is 0 Å². The molecule has 0 aliphatic rings. The molecule has 0 unspecified atom stereocenters. The third-order valence-electron chi connectivity index (χ3n) is 1.95. The number of aromatic nitrogens is 1. The maximum atomic E-state index is 11.4. The summed E-state index contributed by atoms with van der Waals surface area (Å²) in [5.41, 5.74) is 1.03. The summed E-state index contributed by atoms with van der Waals surface area (Å²) in [6, 6.07) is 0. The molecule has 1 N–H and O–H groups in total. The number of hydrogen-bond donors (Lipinski definition) is 1. The number of carbonyl (C=O) groups excluding carboxylic acids is 2. The molecule has 0 fully saturated rings. The van der Waals surface area contributed by atoms with Crippen molar-refractivity contribution < 1.29 is 19.1 Å². The average Bonchev–Trinajstić information content (AvgIpc) is 2.59. The van der Waals surface area contributed by atoms with Crippen molar-refractivity contribution in [3.05, 3.63) is 23.0 Å². The van der Waals surface area contributed by atoms with Crippen LogP contribution in [0.15, 0.2) is 6.20 Å². The zero-order valence-corrected chi connectivity index (χ0v) is 8.92. The van der Waals surface area contributed by atoms with Crippen molar-refractivity contribution in [1.29, 1.82) is 0 Å². The molecular formula is C10H13NO4. The molecular weight excluding hydrogens is 198 g/mol. The predicted molar refractivity (Wildman–Crippen MR) is 52.8 cm³/mol. The minimum atomic E-state index is -0.550. The maximum Gasteiger partial charge on any atom is 0.355 e.